The normalized spacial score (nSPS) is 10.4. The van der Waals surface area contributed by atoms with Crippen molar-refractivity contribution in [2.24, 2.45) is 0 Å². The predicted molar refractivity (Wildman–Crippen MR) is 101 cm³/mol. The van der Waals surface area contributed by atoms with E-state index < -0.39 is 0 Å². The molecular weight excluding hydrogens is 328 g/mol. The van der Waals surface area contributed by atoms with E-state index in [1.807, 2.05) is 55.5 Å². The molecule has 26 heavy (non-hydrogen) atoms. The molecule has 0 aliphatic rings. The summed E-state index contributed by atoms with van der Waals surface area (Å²) in [6, 6.07) is 18.7. The number of rotatable bonds is 5. The van der Waals surface area contributed by atoms with Crippen molar-refractivity contribution in [3.63, 3.8) is 0 Å². The van der Waals surface area contributed by atoms with Crippen molar-refractivity contribution < 1.29 is 9.59 Å². The van der Waals surface area contributed by atoms with Gasteiger partial charge in [-0.2, -0.15) is 5.10 Å². The molecule has 6 nitrogen and oxygen atoms in total. The molecule has 132 valence electrons. The second-order valence-electron chi connectivity index (χ2n) is 6.02. The smallest absolute Gasteiger partial charge is 0.229 e. The molecule has 0 aliphatic heterocycles. The van der Waals surface area contributed by atoms with Gasteiger partial charge in [0.25, 0.3) is 0 Å². The van der Waals surface area contributed by atoms with Gasteiger partial charge in [-0.3, -0.25) is 9.59 Å². The number of carbonyl (C=O) groups excluding carboxylic acids is 2. The second kappa shape index (κ2) is 7.65. The molecule has 0 bridgehead atoms. The third kappa shape index (κ3) is 4.36. The van der Waals surface area contributed by atoms with Gasteiger partial charge in [0.05, 0.1) is 17.8 Å². The topological polar surface area (TPSA) is 76.0 Å². The van der Waals surface area contributed by atoms with Crippen LogP contribution in [0.15, 0.2) is 60.7 Å². The zero-order valence-electron chi connectivity index (χ0n) is 14.7. The first-order valence-corrected chi connectivity index (χ1v) is 8.30. The highest BCUT2D eigenvalue weighted by atomic mass is 16.2. The Morgan fingerprint density at radius 2 is 1.69 bits per heavy atom. The highest BCUT2D eigenvalue weighted by molar-refractivity contribution is 5.92. The lowest BCUT2D eigenvalue weighted by molar-refractivity contribution is -0.116. The van der Waals surface area contributed by atoms with Gasteiger partial charge in [0.15, 0.2) is 0 Å². The van der Waals surface area contributed by atoms with Crippen molar-refractivity contribution >= 4 is 23.3 Å². The van der Waals surface area contributed by atoms with E-state index in [9.17, 15) is 9.59 Å². The SMILES string of the molecule is CC(=O)Nc1ccc(CC(=O)Nc2cc(C)nn2-c2ccccc2)cc1. The van der Waals surface area contributed by atoms with E-state index in [0.29, 0.717) is 11.5 Å². The Hall–Kier alpha value is -3.41. The first kappa shape index (κ1) is 17.4. The molecule has 2 N–H and O–H groups in total. The molecule has 6 heteroatoms. The molecule has 0 radical (unpaired) electrons. The summed E-state index contributed by atoms with van der Waals surface area (Å²) >= 11 is 0. The van der Waals surface area contributed by atoms with Gasteiger partial charge in [0.2, 0.25) is 11.8 Å². The van der Waals surface area contributed by atoms with Crippen LogP contribution in [-0.2, 0) is 16.0 Å². The first-order chi connectivity index (χ1) is 12.5. The minimum absolute atomic E-state index is 0.125. The van der Waals surface area contributed by atoms with E-state index in [4.69, 9.17) is 0 Å². The summed E-state index contributed by atoms with van der Waals surface area (Å²) < 4.78 is 1.72. The maximum Gasteiger partial charge on any atom is 0.229 e. The minimum Gasteiger partial charge on any atom is -0.326 e. The number of hydrogen-bond donors (Lipinski definition) is 2. The van der Waals surface area contributed by atoms with Crippen molar-refractivity contribution in [1.29, 1.82) is 0 Å². The van der Waals surface area contributed by atoms with Gasteiger partial charge in [-0.15, -0.1) is 0 Å². The summed E-state index contributed by atoms with van der Waals surface area (Å²) in [6.07, 6.45) is 0.235. The van der Waals surface area contributed by atoms with Crippen molar-refractivity contribution in [2.45, 2.75) is 20.3 Å². The summed E-state index contributed by atoms with van der Waals surface area (Å²) in [6.45, 7) is 3.34. The molecule has 0 atom stereocenters. The van der Waals surface area contributed by atoms with Crippen LogP contribution < -0.4 is 10.6 Å². The Morgan fingerprint density at radius 3 is 2.35 bits per heavy atom. The van der Waals surface area contributed by atoms with Gasteiger partial charge >= 0.3 is 0 Å². The molecule has 0 fully saturated rings. The highest BCUT2D eigenvalue weighted by Crippen LogP contribution is 2.17. The summed E-state index contributed by atoms with van der Waals surface area (Å²) in [4.78, 5) is 23.5. The largest absolute Gasteiger partial charge is 0.326 e. The third-order valence-corrected chi connectivity index (χ3v) is 3.74. The Morgan fingerprint density at radius 1 is 1.00 bits per heavy atom. The van der Waals surface area contributed by atoms with Crippen LogP contribution in [-0.4, -0.2) is 21.6 Å². The quantitative estimate of drug-likeness (QED) is 0.743. The van der Waals surface area contributed by atoms with E-state index in [2.05, 4.69) is 15.7 Å². The summed E-state index contributed by atoms with van der Waals surface area (Å²) in [5.74, 6) is 0.378. The fourth-order valence-corrected chi connectivity index (χ4v) is 2.64. The Kier molecular flexibility index (Phi) is 5.12. The van der Waals surface area contributed by atoms with E-state index >= 15 is 0 Å². The molecule has 3 aromatic rings. The van der Waals surface area contributed by atoms with Gasteiger partial charge in [-0.05, 0) is 36.8 Å². The Labute approximate surface area is 151 Å². The van der Waals surface area contributed by atoms with Crippen LogP contribution in [0, 0.1) is 6.92 Å². The van der Waals surface area contributed by atoms with Crippen LogP contribution in [0.4, 0.5) is 11.5 Å². The molecule has 2 amide bonds. The van der Waals surface area contributed by atoms with Gasteiger partial charge in [-0.1, -0.05) is 30.3 Å². The molecule has 2 aromatic carbocycles. The number of benzene rings is 2. The average molecular weight is 348 g/mol. The molecule has 0 saturated carbocycles. The molecular formula is C20H20N4O2. The number of para-hydroxylation sites is 1. The van der Waals surface area contributed by atoms with Crippen LogP contribution in [0.1, 0.15) is 18.2 Å². The van der Waals surface area contributed by atoms with E-state index in [1.165, 1.54) is 6.92 Å². The fourth-order valence-electron chi connectivity index (χ4n) is 2.64. The van der Waals surface area contributed by atoms with Crippen LogP contribution in [0.5, 0.6) is 0 Å². The molecule has 0 unspecified atom stereocenters. The molecule has 1 aromatic heterocycles. The van der Waals surface area contributed by atoms with Crippen molar-refractivity contribution in [3.8, 4) is 5.69 Å². The molecule has 0 spiro atoms. The van der Waals surface area contributed by atoms with Gasteiger partial charge in [-0.25, -0.2) is 4.68 Å². The first-order valence-electron chi connectivity index (χ1n) is 8.30. The minimum atomic E-state index is -0.130. The van der Waals surface area contributed by atoms with Crippen molar-refractivity contribution in [3.05, 3.63) is 71.9 Å². The standard InChI is InChI=1S/C20H20N4O2/c1-14-12-19(24(23-14)18-6-4-3-5-7-18)22-20(26)13-16-8-10-17(11-9-16)21-15(2)25/h3-12H,13H2,1-2H3,(H,21,25)(H,22,26). The summed E-state index contributed by atoms with van der Waals surface area (Å²) in [5.41, 5.74) is 3.28. The average Bonchev–Trinajstić information content (AvgIpc) is 2.97. The number of amides is 2. The van der Waals surface area contributed by atoms with Gasteiger partial charge in [0, 0.05) is 18.7 Å². The highest BCUT2D eigenvalue weighted by Gasteiger charge is 2.11. The van der Waals surface area contributed by atoms with Gasteiger partial charge in [0.1, 0.15) is 5.82 Å². The number of aromatic nitrogens is 2. The summed E-state index contributed by atoms with van der Waals surface area (Å²) in [5, 5.41) is 10.1. The monoisotopic (exact) mass is 348 g/mol. The molecule has 3 rings (SSSR count). The summed E-state index contributed by atoms with van der Waals surface area (Å²) in [7, 11) is 0. The lowest BCUT2D eigenvalue weighted by Gasteiger charge is -2.09. The van der Waals surface area contributed by atoms with Crippen LogP contribution in [0.3, 0.4) is 0 Å². The second-order valence-corrected chi connectivity index (χ2v) is 6.02. The number of hydrogen-bond acceptors (Lipinski definition) is 3. The number of carbonyl (C=O) groups is 2. The van der Waals surface area contributed by atoms with Crippen LogP contribution in [0.2, 0.25) is 0 Å². The Balaban J connectivity index is 1.70. The lowest BCUT2D eigenvalue weighted by Crippen LogP contribution is -2.17. The third-order valence-electron chi connectivity index (χ3n) is 3.74. The zero-order chi connectivity index (χ0) is 18.5. The maximum atomic E-state index is 12.4. The van der Waals surface area contributed by atoms with E-state index in [0.717, 1.165) is 16.9 Å². The van der Waals surface area contributed by atoms with Gasteiger partial charge < -0.3 is 10.6 Å². The predicted octanol–water partition coefficient (Wildman–Crippen LogP) is 3.32. The Bertz CT molecular complexity index is 915. The number of anilines is 2. The molecule has 1 heterocycles. The van der Waals surface area contributed by atoms with Crippen LogP contribution >= 0.6 is 0 Å². The number of nitrogens with zero attached hydrogens (tertiary/aromatic N) is 2. The number of aryl methyl sites for hydroxylation is 1. The maximum absolute atomic E-state index is 12.4. The molecule has 0 aliphatic carbocycles. The van der Waals surface area contributed by atoms with E-state index in [1.54, 1.807) is 16.8 Å². The van der Waals surface area contributed by atoms with Crippen molar-refractivity contribution in [1.82, 2.24) is 9.78 Å². The van der Waals surface area contributed by atoms with E-state index in [-0.39, 0.29) is 18.2 Å². The fraction of sp³-hybridized carbons (Fsp3) is 0.150. The molecule has 0 saturated heterocycles. The lowest BCUT2D eigenvalue weighted by atomic mass is 10.1. The zero-order valence-corrected chi connectivity index (χ0v) is 14.7. The van der Waals surface area contributed by atoms with Crippen LogP contribution in [0.25, 0.3) is 5.69 Å². The van der Waals surface area contributed by atoms with Crippen molar-refractivity contribution in [2.75, 3.05) is 10.6 Å². The number of nitrogens with one attached hydrogen (secondary N) is 2.